The molecule has 1 atom stereocenters. The smallest absolute Gasteiger partial charge is 0.411 e. The summed E-state index contributed by atoms with van der Waals surface area (Å²) in [5.74, 6) is -1.08. The SMILES string of the molecule is C=CCN(C(=O)OC(C)(C)C)C(Cc1ccc2ccccc2c1)C(=O)O. The number of benzene rings is 2. The largest absolute Gasteiger partial charge is 0.480 e. The Labute approximate surface area is 153 Å². The van der Waals surface area contributed by atoms with Crippen LogP contribution in [0.4, 0.5) is 4.79 Å². The Bertz CT molecular complexity index is 807. The molecule has 0 bridgehead atoms. The molecule has 0 fully saturated rings. The second kappa shape index (κ2) is 8.04. The normalized spacial score (nSPS) is 12.4. The van der Waals surface area contributed by atoms with Gasteiger partial charge in [-0.3, -0.25) is 4.90 Å². The van der Waals surface area contributed by atoms with Gasteiger partial charge in [-0.1, -0.05) is 48.5 Å². The van der Waals surface area contributed by atoms with Crippen LogP contribution in [0.2, 0.25) is 0 Å². The van der Waals surface area contributed by atoms with Gasteiger partial charge in [-0.2, -0.15) is 0 Å². The molecule has 1 amide bonds. The van der Waals surface area contributed by atoms with Crippen LogP contribution in [0.15, 0.2) is 55.1 Å². The van der Waals surface area contributed by atoms with Crippen LogP contribution in [-0.2, 0) is 16.0 Å². The van der Waals surface area contributed by atoms with Crippen molar-refractivity contribution < 1.29 is 19.4 Å². The fraction of sp³-hybridized carbons (Fsp3) is 0.333. The minimum atomic E-state index is -1.08. The van der Waals surface area contributed by atoms with E-state index in [0.29, 0.717) is 0 Å². The van der Waals surface area contributed by atoms with Crippen LogP contribution in [-0.4, -0.2) is 40.3 Å². The first-order valence-corrected chi connectivity index (χ1v) is 8.52. The molecule has 0 saturated heterocycles. The molecule has 0 aliphatic rings. The molecule has 0 aliphatic carbocycles. The highest BCUT2D eigenvalue weighted by Gasteiger charge is 2.32. The third kappa shape index (κ3) is 5.09. The van der Waals surface area contributed by atoms with Crippen LogP contribution in [0.5, 0.6) is 0 Å². The molecule has 2 rings (SSSR count). The summed E-state index contributed by atoms with van der Waals surface area (Å²) >= 11 is 0. The molecular weight excluding hydrogens is 330 g/mol. The number of carboxylic acid groups (broad SMARTS) is 1. The summed E-state index contributed by atoms with van der Waals surface area (Å²) in [5, 5.41) is 11.8. The number of rotatable bonds is 6. The first-order chi connectivity index (χ1) is 12.2. The Morgan fingerprint density at radius 3 is 2.42 bits per heavy atom. The average molecular weight is 355 g/mol. The van der Waals surface area contributed by atoms with Gasteiger partial charge in [0.15, 0.2) is 0 Å². The van der Waals surface area contributed by atoms with Gasteiger partial charge in [0, 0.05) is 13.0 Å². The second-order valence-electron chi connectivity index (χ2n) is 7.16. The highest BCUT2D eigenvalue weighted by atomic mass is 16.6. The number of carbonyl (C=O) groups excluding carboxylic acids is 1. The van der Waals surface area contributed by atoms with Gasteiger partial charge in [0.1, 0.15) is 11.6 Å². The fourth-order valence-corrected chi connectivity index (χ4v) is 2.71. The van der Waals surface area contributed by atoms with E-state index in [4.69, 9.17) is 4.74 Å². The number of carbonyl (C=O) groups is 2. The maximum Gasteiger partial charge on any atom is 0.411 e. The molecule has 0 saturated carbocycles. The number of aliphatic carboxylic acids is 1. The molecule has 0 aliphatic heterocycles. The van der Waals surface area contributed by atoms with Crippen LogP contribution in [0.3, 0.4) is 0 Å². The molecule has 26 heavy (non-hydrogen) atoms. The molecule has 5 heteroatoms. The van der Waals surface area contributed by atoms with Gasteiger partial charge in [-0.05, 0) is 37.1 Å². The minimum Gasteiger partial charge on any atom is -0.480 e. The van der Waals surface area contributed by atoms with Crippen molar-refractivity contribution in [1.82, 2.24) is 4.90 Å². The van der Waals surface area contributed by atoms with Gasteiger partial charge in [-0.25, -0.2) is 9.59 Å². The van der Waals surface area contributed by atoms with E-state index in [0.717, 1.165) is 16.3 Å². The standard InChI is InChI=1S/C21H25NO4/c1-5-12-22(20(25)26-21(2,3)4)18(19(23)24)14-15-10-11-16-8-6-7-9-17(16)13-15/h5-11,13,18H,1,12,14H2,2-4H3,(H,23,24). The topological polar surface area (TPSA) is 66.8 Å². The Morgan fingerprint density at radius 2 is 1.85 bits per heavy atom. The molecule has 5 nitrogen and oxygen atoms in total. The van der Waals surface area contributed by atoms with Crippen LogP contribution < -0.4 is 0 Å². The second-order valence-corrected chi connectivity index (χ2v) is 7.16. The van der Waals surface area contributed by atoms with Crippen molar-refractivity contribution in [2.45, 2.75) is 38.8 Å². The van der Waals surface area contributed by atoms with Gasteiger partial charge in [0.05, 0.1) is 0 Å². The fourth-order valence-electron chi connectivity index (χ4n) is 2.71. The molecule has 0 aromatic heterocycles. The Kier molecular flexibility index (Phi) is 6.03. The van der Waals surface area contributed by atoms with E-state index >= 15 is 0 Å². The zero-order valence-electron chi connectivity index (χ0n) is 15.4. The minimum absolute atomic E-state index is 0.0967. The number of fused-ring (bicyclic) bond motifs is 1. The monoisotopic (exact) mass is 355 g/mol. The lowest BCUT2D eigenvalue weighted by Gasteiger charge is -2.30. The van der Waals surface area contributed by atoms with E-state index in [1.54, 1.807) is 20.8 Å². The number of hydrogen-bond donors (Lipinski definition) is 1. The first-order valence-electron chi connectivity index (χ1n) is 8.52. The van der Waals surface area contributed by atoms with Gasteiger partial charge in [-0.15, -0.1) is 6.58 Å². The first kappa shape index (κ1) is 19.5. The Balaban J connectivity index is 2.30. The van der Waals surface area contributed by atoms with Crippen molar-refractivity contribution in [1.29, 1.82) is 0 Å². The van der Waals surface area contributed by atoms with Crippen molar-refractivity contribution in [2.24, 2.45) is 0 Å². The molecule has 2 aromatic carbocycles. The zero-order chi connectivity index (χ0) is 19.3. The van der Waals surface area contributed by atoms with Crippen LogP contribution >= 0.6 is 0 Å². The summed E-state index contributed by atoms with van der Waals surface area (Å²) in [7, 11) is 0. The van der Waals surface area contributed by atoms with Crippen molar-refractivity contribution in [3.05, 3.63) is 60.7 Å². The molecule has 2 aromatic rings. The lowest BCUT2D eigenvalue weighted by molar-refractivity contribution is -0.143. The van der Waals surface area contributed by atoms with E-state index in [-0.39, 0.29) is 13.0 Å². The Morgan fingerprint density at radius 1 is 1.19 bits per heavy atom. The summed E-state index contributed by atoms with van der Waals surface area (Å²) in [6, 6.07) is 12.6. The Hall–Kier alpha value is -2.82. The predicted octanol–water partition coefficient (Wildman–Crippen LogP) is 4.26. The average Bonchev–Trinajstić information content (AvgIpc) is 2.56. The lowest BCUT2D eigenvalue weighted by Crippen LogP contribution is -2.48. The van der Waals surface area contributed by atoms with Gasteiger partial charge in [0.2, 0.25) is 0 Å². The number of hydrogen-bond acceptors (Lipinski definition) is 3. The summed E-state index contributed by atoms with van der Waals surface area (Å²) < 4.78 is 5.37. The summed E-state index contributed by atoms with van der Waals surface area (Å²) in [4.78, 5) is 25.6. The van der Waals surface area contributed by atoms with Gasteiger partial charge >= 0.3 is 12.1 Å². The number of nitrogens with zero attached hydrogens (tertiary/aromatic N) is 1. The van der Waals surface area contributed by atoms with Crippen molar-refractivity contribution in [3.8, 4) is 0 Å². The highest BCUT2D eigenvalue weighted by molar-refractivity contribution is 5.84. The number of carboxylic acids is 1. The summed E-state index contributed by atoms with van der Waals surface area (Å²) in [6.45, 7) is 8.96. The predicted molar refractivity (Wildman–Crippen MR) is 102 cm³/mol. The third-order valence-electron chi connectivity index (χ3n) is 3.86. The van der Waals surface area contributed by atoms with E-state index in [9.17, 15) is 14.7 Å². The quantitative estimate of drug-likeness (QED) is 0.786. The van der Waals surface area contributed by atoms with E-state index < -0.39 is 23.7 Å². The molecule has 0 radical (unpaired) electrons. The molecule has 1 N–H and O–H groups in total. The van der Waals surface area contributed by atoms with Crippen LogP contribution in [0.1, 0.15) is 26.3 Å². The van der Waals surface area contributed by atoms with Crippen molar-refractivity contribution in [2.75, 3.05) is 6.54 Å². The van der Waals surface area contributed by atoms with Crippen molar-refractivity contribution >= 4 is 22.8 Å². The van der Waals surface area contributed by atoms with Crippen molar-refractivity contribution in [3.63, 3.8) is 0 Å². The van der Waals surface area contributed by atoms with Crippen LogP contribution in [0.25, 0.3) is 10.8 Å². The maximum absolute atomic E-state index is 12.5. The lowest BCUT2D eigenvalue weighted by atomic mass is 10.0. The highest BCUT2D eigenvalue weighted by Crippen LogP contribution is 2.19. The summed E-state index contributed by atoms with van der Waals surface area (Å²) in [5.41, 5.74) is 0.136. The number of ether oxygens (including phenoxy) is 1. The maximum atomic E-state index is 12.5. The van der Waals surface area contributed by atoms with E-state index in [1.807, 2.05) is 42.5 Å². The molecule has 138 valence electrons. The van der Waals surface area contributed by atoms with Gasteiger partial charge < -0.3 is 9.84 Å². The van der Waals surface area contributed by atoms with E-state index in [2.05, 4.69) is 6.58 Å². The summed E-state index contributed by atoms with van der Waals surface area (Å²) in [6.07, 6.45) is 1.03. The van der Waals surface area contributed by atoms with Crippen LogP contribution in [0, 0.1) is 0 Å². The molecule has 1 unspecified atom stereocenters. The third-order valence-corrected chi connectivity index (χ3v) is 3.86. The molecule has 0 spiro atoms. The molecular formula is C21H25NO4. The zero-order valence-corrected chi connectivity index (χ0v) is 15.4. The number of amides is 1. The molecule has 0 heterocycles. The van der Waals surface area contributed by atoms with E-state index in [1.165, 1.54) is 11.0 Å². The van der Waals surface area contributed by atoms with Gasteiger partial charge in [0.25, 0.3) is 0 Å².